The van der Waals surface area contributed by atoms with E-state index in [0.717, 1.165) is 31.8 Å². The van der Waals surface area contributed by atoms with Crippen LogP contribution in [0.25, 0.3) is 0 Å². The average Bonchev–Trinajstić information content (AvgIpc) is 2.90. The van der Waals surface area contributed by atoms with Crippen LogP contribution in [-0.4, -0.2) is 74.4 Å². The first-order valence-corrected chi connectivity index (χ1v) is 8.03. The van der Waals surface area contributed by atoms with Crippen LogP contribution in [-0.2, 0) is 4.74 Å². The van der Waals surface area contributed by atoms with Crippen LogP contribution >= 0.6 is 0 Å². The molecule has 0 aromatic carbocycles. The van der Waals surface area contributed by atoms with Crippen LogP contribution in [0.4, 0.5) is 0 Å². The number of nitrogens with one attached hydrogen (secondary N) is 1. The zero-order chi connectivity index (χ0) is 13.2. The topological polar surface area (TPSA) is 27.7 Å². The Bertz CT molecular complexity index is 299. The number of fused-ring (bicyclic) bond motifs is 2. The van der Waals surface area contributed by atoms with Gasteiger partial charge in [-0.3, -0.25) is 4.90 Å². The number of nitrogens with zero attached hydrogens (tertiary/aromatic N) is 2. The molecule has 4 heteroatoms. The predicted octanol–water partition coefficient (Wildman–Crippen LogP) is 0.779. The fraction of sp³-hybridized carbons (Fsp3) is 1.00. The van der Waals surface area contributed by atoms with Crippen molar-refractivity contribution in [1.29, 1.82) is 0 Å². The Morgan fingerprint density at radius 2 is 2.00 bits per heavy atom. The smallest absolute Gasteiger partial charge is 0.0623 e. The van der Waals surface area contributed by atoms with Gasteiger partial charge >= 0.3 is 0 Å². The molecule has 0 saturated carbocycles. The maximum absolute atomic E-state index is 5.68. The van der Waals surface area contributed by atoms with Gasteiger partial charge in [0.25, 0.3) is 0 Å². The second kappa shape index (κ2) is 6.08. The van der Waals surface area contributed by atoms with Crippen molar-refractivity contribution >= 4 is 0 Å². The number of hydrogen-bond acceptors (Lipinski definition) is 4. The Kier molecular flexibility index (Phi) is 4.42. The Morgan fingerprint density at radius 1 is 1.16 bits per heavy atom. The highest BCUT2D eigenvalue weighted by Gasteiger charge is 2.36. The molecule has 3 saturated heterocycles. The number of rotatable bonds is 4. The van der Waals surface area contributed by atoms with Crippen LogP contribution in [0, 0.1) is 5.92 Å². The molecular formula is C15H29N3O. The second-order valence-corrected chi connectivity index (χ2v) is 6.56. The lowest BCUT2D eigenvalue weighted by molar-refractivity contribution is 0.160. The molecule has 0 radical (unpaired) electrons. The highest BCUT2D eigenvalue weighted by Crippen LogP contribution is 2.29. The Balaban J connectivity index is 1.55. The molecule has 4 atom stereocenters. The lowest BCUT2D eigenvalue weighted by atomic mass is 10.0. The van der Waals surface area contributed by atoms with Gasteiger partial charge < -0.3 is 15.0 Å². The summed E-state index contributed by atoms with van der Waals surface area (Å²) in [5.41, 5.74) is 0. The summed E-state index contributed by atoms with van der Waals surface area (Å²) in [6.45, 7) is 8.85. The van der Waals surface area contributed by atoms with E-state index in [1.54, 1.807) is 0 Å². The van der Waals surface area contributed by atoms with Crippen molar-refractivity contribution < 1.29 is 4.74 Å². The van der Waals surface area contributed by atoms with Gasteiger partial charge in [-0.1, -0.05) is 6.92 Å². The molecule has 0 amide bonds. The monoisotopic (exact) mass is 267 g/mol. The van der Waals surface area contributed by atoms with Crippen molar-refractivity contribution in [2.75, 3.05) is 46.4 Å². The first kappa shape index (κ1) is 13.8. The fourth-order valence-electron chi connectivity index (χ4n) is 4.14. The summed E-state index contributed by atoms with van der Waals surface area (Å²) in [5, 5.41) is 3.58. The molecule has 0 spiro atoms. The average molecular weight is 267 g/mol. The maximum Gasteiger partial charge on any atom is 0.0623 e. The van der Waals surface area contributed by atoms with Crippen molar-refractivity contribution in [1.82, 2.24) is 15.1 Å². The summed E-state index contributed by atoms with van der Waals surface area (Å²) in [6, 6.07) is 2.22. The first-order valence-electron chi connectivity index (χ1n) is 8.03. The van der Waals surface area contributed by atoms with E-state index >= 15 is 0 Å². The summed E-state index contributed by atoms with van der Waals surface area (Å²) in [4.78, 5) is 5.33. The van der Waals surface area contributed by atoms with Crippen molar-refractivity contribution in [3.05, 3.63) is 0 Å². The highest BCUT2D eigenvalue weighted by atomic mass is 16.5. The van der Waals surface area contributed by atoms with E-state index in [0.29, 0.717) is 12.0 Å². The largest absolute Gasteiger partial charge is 0.379 e. The predicted molar refractivity (Wildman–Crippen MR) is 77.4 cm³/mol. The van der Waals surface area contributed by atoms with Crippen molar-refractivity contribution in [2.45, 2.75) is 44.3 Å². The van der Waals surface area contributed by atoms with Gasteiger partial charge in [-0.2, -0.15) is 0 Å². The lowest BCUT2D eigenvalue weighted by Crippen LogP contribution is -2.44. The number of hydrogen-bond donors (Lipinski definition) is 1. The molecule has 2 bridgehead atoms. The molecule has 1 N–H and O–H groups in total. The highest BCUT2D eigenvalue weighted by molar-refractivity contribution is 4.92. The van der Waals surface area contributed by atoms with Gasteiger partial charge in [0, 0.05) is 37.1 Å². The summed E-state index contributed by atoms with van der Waals surface area (Å²) in [6.07, 6.45) is 4.17. The SMILES string of the molecule is CCNC1COCC1CN1CCC2CCC(C1)N2C. The third-order valence-corrected chi connectivity index (χ3v) is 5.39. The second-order valence-electron chi connectivity index (χ2n) is 6.56. The molecule has 3 heterocycles. The number of ether oxygens (including phenoxy) is 1. The lowest BCUT2D eigenvalue weighted by Gasteiger charge is -2.29. The van der Waals surface area contributed by atoms with E-state index in [1.807, 2.05) is 0 Å². The van der Waals surface area contributed by atoms with Gasteiger partial charge in [-0.25, -0.2) is 0 Å². The van der Waals surface area contributed by atoms with Crippen molar-refractivity contribution in [2.24, 2.45) is 5.92 Å². The minimum absolute atomic E-state index is 0.572. The molecular weight excluding hydrogens is 238 g/mol. The van der Waals surface area contributed by atoms with E-state index in [-0.39, 0.29) is 0 Å². The van der Waals surface area contributed by atoms with E-state index < -0.39 is 0 Å². The van der Waals surface area contributed by atoms with Gasteiger partial charge in [0.05, 0.1) is 13.2 Å². The number of likely N-dealkylation sites (N-methyl/N-ethyl adjacent to an activating group) is 2. The van der Waals surface area contributed by atoms with Gasteiger partial charge in [0.1, 0.15) is 0 Å². The molecule has 110 valence electrons. The summed E-state index contributed by atoms with van der Waals surface area (Å²) in [7, 11) is 2.33. The molecule has 4 nitrogen and oxygen atoms in total. The first-order chi connectivity index (χ1) is 9.28. The van der Waals surface area contributed by atoms with Crippen molar-refractivity contribution in [3.63, 3.8) is 0 Å². The van der Waals surface area contributed by atoms with E-state index in [4.69, 9.17) is 4.74 Å². The molecule has 19 heavy (non-hydrogen) atoms. The minimum Gasteiger partial charge on any atom is -0.379 e. The third-order valence-electron chi connectivity index (χ3n) is 5.39. The quantitative estimate of drug-likeness (QED) is 0.815. The molecule has 3 fully saturated rings. The standard InChI is InChI=1S/C15H29N3O/c1-3-16-15-11-19-10-12(15)8-18-7-6-13-4-5-14(9-18)17(13)2/h12-16H,3-11H2,1-2H3. The van der Waals surface area contributed by atoms with Crippen LogP contribution in [0.5, 0.6) is 0 Å². The molecule has 0 aromatic rings. The molecule has 3 rings (SSSR count). The molecule has 0 aliphatic carbocycles. The molecule has 3 aliphatic heterocycles. The van der Waals surface area contributed by atoms with Crippen LogP contribution in [0.3, 0.4) is 0 Å². The third kappa shape index (κ3) is 2.97. The minimum atomic E-state index is 0.572. The Labute approximate surface area is 117 Å². The summed E-state index contributed by atoms with van der Waals surface area (Å²) >= 11 is 0. The van der Waals surface area contributed by atoms with E-state index in [1.165, 1.54) is 38.9 Å². The molecule has 4 unspecified atom stereocenters. The normalized spacial score (nSPS) is 40.7. The molecule has 0 aromatic heterocycles. The number of likely N-dealkylation sites (tertiary alicyclic amines) is 1. The van der Waals surface area contributed by atoms with Crippen molar-refractivity contribution in [3.8, 4) is 0 Å². The van der Waals surface area contributed by atoms with Gasteiger partial charge in [-0.05, 0) is 39.4 Å². The van der Waals surface area contributed by atoms with E-state index in [9.17, 15) is 0 Å². The Morgan fingerprint density at radius 3 is 2.84 bits per heavy atom. The Hall–Kier alpha value is -0.160. The van der Waals surface area contributed by atoms with Gasteiger partial charge in [-0.15, -0.1) is 0 Å². The summed E-state index contributed by atoms with van der Waals surface area (Å²) < 4.78 is 5.68. The van der Waals surface area contributed by atoms with E-state index in [2.05, 4.69) is 29.1 Å². The zero-order valence-electron chi connectivity index (χ0n) is 12.5. The van der Waals surface area contributed by atoms with Gasteiger partial charge in [0.2, 0.25) is 0 Å². The van der Waals surface area contributed by atoms with Crippen LogP contribution in [0.1, 0.15) is 26.2 Å². The zero-order valence-corrected chi connectivity index (χ0v) is 12.5. The van der Waals surface area contributed by atoms with Crippen LogP contribution in [0.15, 0.2) is 0 Å². The molecule has 3 aliphatic rings. The van der Waals surface area contributed by atoms with Gasteiger partial charge in [0.15, 0.2) is 0 Å². The maximum atomic E-state index is 5.68. The fourth-order valence-corrected chi connectivity index (χ4v) is 4.14. The summed E-state index contributed by atoms with van der Waals surface area (Å²) in [5.74, 6) is 0.682. The van der Waals surface area contributed by atoms with Crippen LogP contribution in [0.2, 0.25) is 0 Å². The van der Waals surface area contributed by atoms with Crippen LogP contribution < -0.4 is 5.32 Å².